The maximum absolute atomic E-state index is 13.9. The van der Waals surface area contributed by atoms with Gasteiger partial charge in [0.25, 0.3) is 0 Å². The lowest BCUT2D eigenvalue weighted by Crippen LogP contribution is -2.40. The van der Waals surface area contributed by atoms with E-state index in [4.69, 9.17) is 9.57 Å². The topological polar surface area (TPSA) is 54.0 Å². The Labute approximate surface area is 200 Å². The van der Waals surface area contributed by atoms with Crippen molar-refractivity contribution < 1.29 is 27.5 Å². The van der Waals surface area contributed by atoms with Gasteiger partial charge in [-0.3, -0.25) is 9.63 Å². The summed E-state index contributed by atoms with van der Waals surface area (Å²) in [7, 11) is 1.56. The van der Waals surface area contributed by atoms with Crippen LogP contribution in [0.4, 0.5) is 18.9 Å². The number of allylic oxidation sites excluding steroid dienone is 2. The number of hydrogen-bond acceptors (Lipinski definition) is 6. The van der Waals surface area contributed by atoms with Gasteiger partial charge in [0, 0.05) is 45.1 Å². The summed E-state index contributed by atoms with van der Waals surface area (Å²) in [5.41, 5.74) is 0.143. The molecule has 0 saturated heterocycles. The van der Waals surface area contributed by atoms with Crippen LogP contribution in [0.25, 0.3) is 0 Å². The highest BCUT2D eigenvalue weighted by Crippen LogP contribution is 2.19. The number of benzene rings is 1. The maximum Gasteiger partial charge on any atom is 0.149 e. The number of carbonyl (C=O) groups excluding carboxylic acids is 1. The highest BCUT2D eigenvalue weighted by Gasteiger charge is 2.21. The van der Waals surface area contributed by atoms with E-state index in [0.29, 0.717) is 19.0 Å². The summed E-state index contributed by atoms with van der Waals surface area (Å²) in [5, 5.41) is 4.28. The van der Waals surface area contributed by atoms with Crippen molar-refractivity contribution in [3.05, 3.63) is 66.3 Å². The first kappa shape index (κ1) is 29.3. The Morgan fingerprint density at radius 2 is 1.94 bits per heavy atom. The fourth-order valence-corrected chi connectivity index (χ4v) is 3.09. The second-order valence-corrected chi connectivity index (χ2v) is 7.28. The zero-order valence-corrected chi connectivity index (χ0v) is 20.5. The smallest absolute Gasteiger partial charge is 0.149 e. The van der Waals surface area contributed by atoms with Crippen LogP contribution in [-0.2, 0) is 14.4 Å². The van der Waals surface area contributed by atoms with Gasteiger partial charge in [-0.15, -0.1) is 0 Å². The summed E-state index contributed by atoms with van der Waals surface area (Å²) in [6, 6.07) is 3.00. The largest absolute Gasteiger partial charge is 0.382 e. The van der Waals surface area contributed by atoms with Crippen LogP contribution in [0.5, 0.6) is 0 Å². The van der Waals surface area contributed by atoms with Crippen LogP contribution in [0.15, 0.2) is 54.7 Å². The molecule has 6 nitrogen and oxygen atoms in total. The van der Waals surface area contributed by atoms with Gasteiger partial charge in [-0.25, -0.2) is 18.2 Å². The van der Waals surface area contributed by atoms with E-state index in [1.54, 1.807) is 13.2 Å². The SMILES string of the molecule is C=C1N(OCCOC)C/C=C(F)\C=C/C(C)N1CCC(=O)CCNc1ccc(F)cc1F.CC. The van der Waals surface area contributed by atoms with Crippen molar-refractivity contribution in [2.75, 3.05) is 45.3 Å². The summed E-state index contributed by atoms with van der Waals surface area (Å²) >= 11 is 0. The van der Waals surface area contributed by atoms with Crippen LogP contribution in [0.3, 0.4) is 0 Å². The highest BCUT2D eigenvalue weighted by molar-refractivity contribution is 5.79. The van der Waals surface area contributed by atoms with Crippen molar-refractivity contribution in [1.29, 1.82) is 0 Å². The van der Waals surface area contributed by atoms with E-state index in [2.05, 4.69) is 11.9 Å². The normalized spacial score (nSPS) is 18.6. The number of hydrogen-bond donors (Lipinski definition) is 1. The number of nitrogens with zero attached hydrogens (tertiary/aromatic N) is 2. The van der Waals surface area contributed by atoms with E-state index in [1.165, 1.54) is 23.3 Å². The molecule has 1 heterocycles. The van der Waals surface area contributed by atoms with Gasteiger partial charge < -0.3 is 15.0 Å². The zero-order chi connectivity index (χ0) is 25.5. The van der Waals surface area contributed by atoms with Crippen LogP contribution < -0.4 is 5.32 Å². The summed E-state index contributed by atoms with van der Waals surface area (Å²) in [6.45, 7) is 11.3. The molecule has 1 aromatic carbocycles. The number of anilines is 1. The number of methoxy groups -OCH3 is 1. The summed E-state index contributed by atoms with van der Waals surface area (Å²) < 4.78 is 45.6. The molecule has 1 unspecified atom stereocenters. The molecule has 34 heavy (non-hydrogen) atoms. The lowest BCUT2D eigenvalue weighted by Gasteiger charge is -2.36. The molecule has 1 aliphatic heterocycles. The fourth-order valence-electron chi connectivity index (χ4n) is 3.09. The predicted molar refractivity (Wildman–Crippen MR) is 129 cm³/mol. The van der Waals surface area contributed by atoms with Crippen molar-refractivity contribution in [1.82, 2.24) is 9.96 Å². The van der Waals surface area contributed by atoms with Crippen molar-refractivity contribution >= 4 is 11.5 Å². The van der Waals surface area contributed by atoms with E-state index in [-0.39, 0.29) is 55.9 Å². The minimum Gasteiger partial charge on any atom is -0.382 e. The predicted octanol–water partition coefficient (Wildman–Crippen LogP) is 5.22. The highest BCUT2D eigenvalue weighted by atomic mass is 19.1. The number of nitrogens with one attached hydrogen (secondary N) is 1. The summed E-state index contributed by atoms with van der Waals surface area (Å²) in [6.07, 6.45) is 4.85. The summed E-state index contributed by atoms with van der Waals surface area (Å²) in [4.78, 5) is 19.9. The molecular formula is C25H36F3N3O3. The van der Waals surface area contributed by atoms with Gasteiger partial charge in [-0.05, 0) is 31.2 Å². The molecule has 0 bridgehead atoms. The molecule has 0 amide bonds. The quantitative estimate of drug-likeness (QED) is 0.436. The number of ketones is 1. The molecule has 1 atom stereocenters. The molecule has 0 aromatic heterocycles. The molecule has 1 aromatic rings. The number of ether oxygens (including phenoxy) is 1. The molecule has 190 valence electrons. The number of rotatable bonds is 11. The molecule has 0 radical (unpaired) electrons. The molecule has 2 rings (SSSR count). The van der Waals surface area contributed by atoms with Crippen LogP contribution in [0.1, 0.15) is 33.6 Å². The third kappa shape index (κ3) is 10.0. The van der Waals surface area contributed by atoms with Gasteiger partial charge in [0.2, 0.25) is 0 Å². The first-order chi connectivity index (χ1) is 16.3. The number of carbonyl (C=O) groups is 1. The van der Waals surface area contributed by atoms with Crippen molar-refractivity contribution in [3.8, 4) is 0 Å². The minimum absolute atomic E-state index is 0.0416. The number of Topliss-reactive ketones (excluding diaryl/α,β-unsaturated/α-hetero) is 1. The molecule has 0 aliphatic carbocycles. The Morgan fingerprint density at radius 1 is 1.21 bits per heavy atom. The second-order valence-electron chi connectivity index (χ2n) is 7.28. The molecule has 0 spiro atoms. The standard InChI is InChI=1S/C23H30F3N3O3.C2H6/c1-17-4-5-19(24)9-13-29(32-15-14-31-3)18(2)28(17)12-10-21(30)8-11-27-23-7-6-20(25)16-22(23)26;1-2/h4-7,9,16-17,27H,2,8,10-15H2,1,3H3;1-2H3/b5-4-,19-9+;. The van der Waals surface area contributed by atoms with Gasteiger partial charge in [-0.2, -0.15) is 0 Å². The van der Waals surface area contributed by atoms with Gasteiger partial charge >= 0.3 is 0 Å². The molecule has 0 saturated carbocycles. The fraction of sp³-hybridized carbons (Fsp3) is 0.480. The van der Waals surface area contributed by atoms with Crippen LogP contribution >= 0.6 is 0 Å². The molecular weight excluding hydrogens is 447 g/mol. The summed E-state index contributed by atoms with van der Waals surface area (Å²) in [5.74, 6) is -1.29. The van der Waals surface area contributed by atoms with E-state index in [9.17, 15) is 18.0 Å². The number of halogens is 3. The average molecular weight is 484 g/mol. The Hall–Kier alpha value is -2.78. The Bertz CT molecular complexity index is 846. The van der Waals surface area contributed by atoms with Crippen LogP contribution in [0.2, 0.25) is 0 Å². The molecule has 0 fully saturated rings. The van der Waals surface area contributed by atoms with Crippen molar-refractivity contribution in [3.63, 3.8) is 0 Å². The lowest BCUT2D eigenvalue weighted by molar-refractivity contribution is -0.152. The first-order valence-electron chi connectivity index (χ1n) is 11.4. The van der Waals surface area contributed by atoms with E-state index in [0.717, 1.165) is 12.1 Å². The van der Waals surface area contributed by atoms with Gasteiger partial charge in [0.15, 0.2) is 0 Å². The Kier molecular flexibility index (Phi) is 13.7. The van der Waals surface area contributed by atoms with E-state index < -0.39 is 11.6 Å². The van der Waals surface area contributed by atoms with Gasteiger partial charge in [0.05, 0.1) is 25.4 Å². The molecule has 1 N–H and O–H groups in total. The average Bonchev–Trinajstić information content (AvgIpc) is 2.86. The Morgan fingerprint density at radius 3 is 2.62 bits per heavy atom. The maximum atomic E-state index is 13.9. The third-order valence-electron chi connectivity index (χ3n) is 4.91. The molecule has 1 aliphatic rings. The van der Waals surface area contributed by atoms with Crippen LogP contribution in [-0.4, -0.2) is 61.7 Å². The Balaban J connectivity index is 0.00000281. The first-order valence-corrected chi connectivity index (χ1v) is 11.4. The second kappa shape index (κ2) is 16.0. The minimum atomic E-state index is -0.708. The van der Waals surface area contributed by atoms with Crippen LogP contribution in [0, 0.1) is 11.6 Å². The van der Waals surface area contributed by atoms with E-state index >= 15 is 0 Å². The molecule has 9 heteroatoms. The third-order valence-corrected chi connectivity index (χ3v) is 4.91. The van der Waals surface area contributed by atoms with E-state index in [1.807, 2.05) is 25.7 Å². The lowest BCUT2D eigenvalue weighted by atomic mass is 10.1. The zero-order valence-electron chi connectivity index (χ0n) is 20.5. The monoisotopic (exact) mass is 483 g/mol. The van der Waals surface area contributed by atoms with Gasteiger partial charge in [0.1, 0.15) is 29.1 Å². The van der Waals surface area contributed by atoms with Crippen molar-refractivity contribution in [2.45, 2.75) is 39.7 Å². The van der Waals surface area contributed by atoms with Gasteiger partial charge in [-0.1, -0.05) is 26.5 Å². The van der Waals surface area contributed by atoms with Crippen molar-refractivity contribution in [2.24, 2.45) is 0 Å². The number of hydroxylamine groups is 2.